The highest BCUT2D eigenvalue weighted by atomic mass is 32.2. The third kappa shape index (κ3) is 17.0. The summed E-state index contributed by atoms with van der Waals surface area (Å²) in [5.74, 6) is 2.88. The molecular weight excluding hydrogens is 1300 g/mol. The lowest BCUT2D eigenvalue weighted by Gasteiger charge is -2.34. The van der Waals surface area contributed by atoms with Crippen LogP contribution < -0.4 is 79.5 Å². The number of carbonyl (C=O) groups excluding carboxylic acids is 3. The molecular formula is C69H94N12O15S2. The summed E-state index contributed by atoms with van der Waals surface area (Å²) in [6.45, 7) is 11.4. The number of benzene rings is 6. The van der Waals surface area contributed by atoms with Gasteiger partial charge in [-0.15, -0.1) is 0 Å². The van der Waals surface area contributed by atoms with E-state index >= 15 is 0 Å². The van der Waals surface area contributed by atoms with Crippen LogP contribution in [0.15, 0.2) is 109 Å². The van der Waals surface area contributed by atoms with Crippen molar-refractivity contribution in [1.82, 2.24) is 0 Å². The lowest BCUT2D eigenvalue weighted by molar-refractivity contribution is -0.127. The van der Waals surface area contributed by atoms with E-state index in [9.17, 15) is 31.2 Å². The molecule has 2 unspecified atom stereocenters. The third-order valence-corrected chi connectivity index (χ3v) is 21.0. The first-order valence-electron chi connectivity index (χ1n) is 32.6. The Balaban J connectivity index is 0.000000151. The summed E-state index contributed by atoms with van der Waals surface area (Å²) in [6, 6.07) is 34.2. The van der Waals surface area contributed by atoms with Crippen molar-refractivity contribution in [2.75, 3.05) is 188 Å². The molecule has 6 aromatic rings. The van der Waals surface area contributed by atoms with E-state index in [4.69, 9.17) is 39.0 Å². The lowest BCUT2D eigenvalue weighted by Crippen LogP contribution is -2.47. The topological polar surface area (TPSA) is 330 Å². The second kappa shape index (κ2) is 33.4. The van der Waals surface area contributed by atoms with Crippen molar-refractivity contribution in [3.63, 3.8) is 0 Å². The van der Waals surface area contributed by atoms with Gasteiger partial charge in [-0.25, -0.2) is 16.8 Å². The highest BCUT2D eigenvalue weighted by Gasteiger charge is 2.44. The molecule has 3 atom stereocenters. The number of aliphatic hydroxyl groups excluding tert-OH is 3. The number of anilines is 12. The second-order valence-electron chi connectivity index (χ2n) is 23.7. The molecule has 6 aromatic carbocycles. The van der Waals surface area contributed by atoms with Gasteiger partial charge in [-0.1, -0.05) is 18.2 Å². The Bertz CT molecular complexity index is 3990. The van der Waals surface area contributed by atoms with Crippen LogP contribution in [0.3, 0.4) is 0 Å². The van der Waals surface area contributed by atoms with Crippen molar-refractivity contribution >= 4 is 106 Å². The number of β-amino-alcohol motifs (C(OH)–C–C–N with tert-alkyl or cyclic N) is 1. The second-order valence-corrected chi connectivity index (χ2v) is 27.9. The van der Waals surface area contributed by atoms with E-state index in [1.54, 1.807) is 49.9 Å². The summed E-state index contributed by atoms with van der Waals surface area (Å²) < 4.78 is 78.5. The summed E-state index contributed by atoms with van der Waals surface area (Å²) >= 11 is 0. The van der Waals surface area contributed by atoms with Crippen LogP contribution in [0.4, 0.5) is 68.2 Å². The minimum absolute atomic E-state index is 0.0123. The Morgan fingerprint density at radius 1 is 0.592 bits per heavy atom. The zero-order valence-electron chi connectivity index (χ0n) is 57.5. The first kappa shape index (κ1) is 74.7. The molecule has 0 aromatic heterocycles. The summed E-state index contributed by atoms with van der Waals surface area (Å²) in [7, 11) is 6.64. The Morgan fingerprint density at radius 3 is 1.63 bits per heavy atom. The van der Waals surface area contributed by atoms with E-state index in [1.165, 1.54) is 9.21 Å². The van der Waals surface area contributed by atoms with E-state index < -0.39 is 37.0 Å². The van der Waals surface area contributed by atoms with Crippen LogP contribution in [0, 0.1) is 0 Å². The van der Waals surface area contributed by atoms with Gasteiger partial charge < -0.3 is 90.5 Å². The largest absolute Gasteiger partial charge is 0.487 e. The molecule has 1 saturated heterocycles. The fraction of sp³-hybridized carbons (Fsp3) is 0.435. The molecule has 1 fully saturated rings. The molecule has 7 aliphatic rings. The average molecular weight is 1400 g/mol. The van der Waals surface area contributed by atoms with Crippen LogP contribution in [0.25, 0.3) is 0 Å². The predicted molar refractivity (Wildman–Crippen MR) is 388 cm³/mol. The standard InChI is InChI=1S/C13H18N2O4.C13H18N2O3.C12H16N2O3S.C11H14N2O2.C10H14N2O2S.C10H14N2O/c1-14-9-2-3-11-10(8-9)15(5-7-17)13(18)12(19-11)4-6-16;1-3-15-10-8-9(14-2)4-5-11(10)18-12(6-7-16)13(15)17;1-13-11-3-2-4-12-10(11)5-6-18(15,16)14(12)7-9-8-17-9;1-3-13-9-6-8(12-2)4-5-10(9)15-7-11(13)14;1-10(2)8-5-4-7(11-3)6-9(8)12-15(10,13)14;1-11-8-4-3-5-9-10(8)13-7-6-12(9)2/h2-3,8,12,14,16-17H,4-7H2,1H3;4-5,8,12,14,16H,3,6-7H2,1-2H3;2-4,9,13H,5-8H2,1H3;4-6,12H,3,7H2,1-2H3;4-6,11-12H,1-3H3;3-5,11H,6-7H2,1-2H3/t;;9-;;;/m..1.../s1. The molecule has 532 valence electrons. The lowest BCUT2D eigenvalue weighted by atomic mass is 10.0. The van der Waals surface area contributed by atoms with Gasteiger partial charge in [0, 0.05) is 129 Å². The quantitative estimate of drug-likeness (QED) is 0.0436. The van der Waals surface area contributed by atoms with Gasteiger partial charge in [-0.2, -0.15) is 0 Å². The Kier molecular flexibility index (Phi) is 25.5. The van der Waals surface area contributed by atoms with E-state index in [-0.39, 0.29) is 69.0 Å². The smallest absolute Gasteiger partial charge is 0.268 e. The molecule has 0 spiro atoms. The van der Waals surface area contributed by atoms with Crippen molar-refractivity contribution in [3.8, 4) is 23.0 Å². The van der Waals surface area contributed by atoms with Crippen LogP contribution in [0.5, 0.6) is 23.0 Å². The highest BCUT2D eigenvalue weighted by Crippen LogP contribution is 2.44. The number of fused-ring (bicyclic) bond motifs is 6. The maximum absolute atomic E-state index is 12.2. The van der Waals surface area contributed by atoms with Crippen LogP contribution >= 0.6 is 0 Å². The third-order valence-electron chi connectivity index (χ3n) is 17.3. The fourth-order valence-electron chi connectivity index (χ4n) is 11.6. The van der Waals surface area contributed by atoms with Gasteiger partial charge >= 0.3 is 0 Å². The van der Waals surface area contributed by atoms with Crippen molar-refractivity contribution in [2.45, 2.75) is 70.0 Å². The monoisotopic (exact) mass is 1390 g/mol. The van der Waals surface area contributed by atoms with Crippen molar-refractivity contribution in [1.29, 1.82) is 0 Å². The summed E-state index contributed by atoms with van der Waals surface area (Å²) in [5, 5.41) is 45.3. The number of nitrogens with zero attached hydrogens (tertiary/aromatic N) is 5. The normalized spacial score (nSPS) is 18.7. The van der Waals surface area contributed by atoms with Crippen LogP contribution in [-0.2, 0) is 50.3 Å². The average Bonchev–Trinajstić information content (AvgIpc) is 1.44. The number of amides is 3. The molecule has 0 aliphatic carbocycles. The number of hydrogen-bond acceptors (Lipinski definition) is 22. The van der Waals surface area contributed by atoms with E-state index in [0.717, 1.165) is 92.7 Å². The van der Waals surface area contributed by atoms with E-state index in [0.29, 0.717) is 62.0 Å². The molecule has 7 heterocycles. The van der Waals surface area contributed by atoms with Gasteiger partial charge in [0.25, 0.3) is 17.7 Å². The van der Waals surface area contributed by atoms with Gasteiger partial charge in [-0.05, 0) is 131 Å². The number of aliphatic hydroxyl groups is 3. The van der Waals surface area contributed by atoms with Crippen molar-refractivity contribution in [2.24, 2.45) is 0 Å². The number of para-hydroxylation sites is 1. The Labute approximate surface area is 574 Å². The zero-order chi connectivity index (χ0) is 71.1. The molecule has 27 nitrogen and oxygen atoms in total. The van der Waals surface area contributed by atoms with Crippen LogP contribution in [0.1, 0.15) is 51.7 Å². The summed E-state index contributed by atoms with van der Waals surface area (Å²) in [5.41, 5.74) is 12.5. The number of carbonyl (C=O) groups is 3. The van der Waals surface area contributed by atoms with Gasteiger partial charge in [0.05, 0.1) is 78.0 Å². The first-order chi connectivity index (χ1) is 47.0. The molecule has 0 radical (unpaired) electrons. The maximum atomic E-state index is 12.2. The van der Waals surface area contributed by atoms with Gasteiger partial charge in [0.2, 0.25) is 20.0 Å². The fourth-order valence-corrected chi connectivity index (χ4v) is 14.3. The maximum Gasteiger partial charge on any atom is 0.268 e. The number of ether oxygens (including phenoxy) is 5. The summed E-state index contributed by atoms with van der Waals surface area (Å²) in [6.07, 6.45) is -0.0795. The molecule has 3 amide bonds. The van der Waals surface area contributed by atoms with Gasteiger partial charge in [-0.3, -0.25) is 23.4 Å². The summed E-state index contributed by atoms with van der Waals surface area (Å²) in [4.78, 5) is 43.1. The van der Waals surface area contributed by atoms with E-state index in [2.05, 4.69) is 54.6 Å². The highest BCUT2D eigenvalue weighted by molar-refractivity contribution is 7.94. The van der Waals surface area contributed by atoms with Gasteiger partial charge in [0.15, 0.2) is 24.6 Å². The number of sulfonamides is 2. The Morgan fingerprint density at radius 2 is 1.10 bits per heavy atom. The minimum Gasteiger partial charge on any atom is -0.487 e. The van der Waals surface area contributed by atoms with Gasteiger partial charge in [0.1, 0.15) is 28.6 Å². The molecule has 29 heteroatoms. The molecule has 13 rings (SSSR count). The number of likely N-dealkylation sites (N-methyl/N-ethyl adjacent to an activating group) is 3. The predicted octanol–water partition coefficient (Wildman–Crippen LogP) is 6.99. The van der Waals surface area contributed by atoms with Crippen LogP contribution in [0.2, 0.25) is 0 Å². The first-order valence-corrected chi connectivity index (χ1v) is 35.7. The number of rotatable bonds is 16. The van der Waals surface area contributed by atoms with Crippen molar-refractivity contribution in [3.05, 3.63) is 120 Å². The SMILES string of the molecule is CCN1C(=O)C(CCO)Oc2ccc(NC)cc21.CCN1C(=O)COc2ccc(NC)cc21.CNc1ccc2c(c1)N(CCO)C(=O)C(CCO)O2.CNc1ccc2c(c1)NS(=O)(=O)C2(C)C.CNc1cccc2c1CCS(=O)(=O)N2C[C@@H]1CO1.CNc1cccc2c1OCCN2C. The van der Waals surface area contributed by atoms with E-state index in [1.807, 2.05) is 133 Å². The number of hydrogen-bond donors (Lipinski definition) is 10. The zero-order valence-corrected chi connectivity index (χ0v) is 59.2. The van der Waals surface area contributed by atoms with Crippen LogP contribution in [-0.4, -0.2) is 196 Å². The Hall–Kier alpha value is -9.13. The molecule has 0 saturated carbocycles. The number of nitrogens with one attached hydrogen (secondary N) is 7. The van der Waals surface area contributed by atoms with Crippen molar-refractivity contribution < 1.29 is 70.2 Å². The molecule has 7 aliphatic heterocycles. The minimum atomic E-state index is -3.29. The molecule has 10 N–H and O–H groups in total. The molecule has 98 heavy (non-hydrogen) atoms. The number of epoxide rings is 1. The molecule has 0 bridgehead atoms.